The fraction of sp³-hybridized carbons (Fsp3) is 0.300. The lowest BCUT2D eigenvalue weighted by Gasteiger charge is -2.14. The van der Waals surface area contributed by atoms with Crippen LogP contribution < -0.4 is 15.2 Å². The summed E-state index contributed by atoms with van der Waals surface area (Å²) in [6.45, 7) is 7.04. The van der Waals surface area contributed by atoms with Gasteiger partial charge >= 0.3 is 0 Å². The van der Waals surface area contributed by atoms with E-state index in [9.17, 15) is 0 Å². The van der Waals surface area contributed by atoms with Crippen molar-refractivity contribution < 1.29 is 9.47 Å². The molecule has 6 heteroatoms. The largest absolute Gasteiger partial charge is 0.490 e. The number of nitrogens with one attached hydrogen (secondary N) is 1. The summed E-state index contributed by atoms with van der Waals surface area (Å²) in [6.07, 6.45) is 0. The number of aromatic nitrogens is 3. The predicted octanol–water partition coefficient (Wildman–Crippen LogP) is 3.63. The van der Waals surface area contributed by atoms with Crippen molar-refractivity contribution in [2.45, 2.75) is 26.8 Å². The van der Waals surface area contributed by atoms with Crippen LogP contribution in [0.4, 0.5) is 0 Å². The molecule has 26 heavy (non-hydrogen) atoms. The fourth-order valence-electron chi connectivity index (χ4n) is 2.78. The second-order valence-corrected chi connectivity index (χ2v) is 5.91. The van der Waals surface area contributed by atoms with E-state index in [0.717, 1.165) is 16.7 Å². The summed E-state index contributed by atoms with van der Waals surface area (Å²) in [4.78, 5) is 4.59. The van der Waals surface area contributed by atoms with Gasteiger partial charge in [0.1, 0.15) is 5.82 Å². The summed E-state index contributed by atoms with van der Waals surface area (Å²) in [7, 11) is 0. The molecule has 3 aromatic rings. The third kappa shape index (κ3) is 3.70. The topological polar surface area (TPSA) is 86.0 Å². The molecule has 0 aliphatic rings. The second kappa shape index (κ2) is 8.01. The number of ether oxygens (including phenoxy) is 2. The predicted molar refractivity (Wildman–Crippen MR) is 101 cm³/mol. The van der Waals surface area contributed by atoms with E-state index in [-0.39, 0.29) is 0 Å². The van der Waals surface area contributed by atoms with E-state index in [0.29, 0.717) is 36.4 Å². The Morgan fingerprint density at radius 1 is 1.04 bits per heavy atom. The van der Waals surface area contributed by atoms with Crippen molar-refractivity contribution in [1.29, 1.82) is 0 Å². The molecule has 0 aliphatic carbocycles. The van der Waals surface area contributed by atoms with Crippen molar-refractivity contribution in [3.63, 3.8) is 0 Å². The van der Waals surface area contributed by atoms with Crippen molar-refractivity contribution in [3.8, 4) is 22.9 Å². The van der Waals surface area contributed by atoms with Gasteiger partial charge in [0.05, 0.1) is 19.3 Å². The first-order chi connectivity index (χ1) is 12.6. The lowest BCUT2D eigenvalue weighted by Crippen LogP contribution is -2.14. The van der Waals surface area contributed by atoms with E-state index in [1.54, 1.807) is 0 Å². The van der Waals surface area contributed by atoms with Gasteiger partial charge in [-0.15, -0.1) is 0 Å². The first-order valence-electron chi connectivity index (χ1n) is 8.77. The number of aryl methyl sites for hydroxylation is 1. The Hall–Kier alpha value is -2.86. The number of hydrogen-bond acceptors (Lipinski definition) is 5. The summed E-state index contributed by atoms with van der Waals surface area (Å²) in [5.41, 5.74) is 9.39. The molecule has 0 saturated carbocycles. The molecular weight excluding hydrogens is 328 g/mol. The molecule has 0 radical (unpaired) electrons. The van der Waals surface area contributed by atoms with Gasteiger partial charge < -0.3 is 15.2 Å². The highest BCUT2D eigenvalue weighted by Crippen LogP contribution is 2.31. The van der Waals surface area contributed by atoms with Gasteiger partial charge in [0.25, 0.3) is 0 Å². The molecule has 3 rings (SSSR count). The lowest BCUT2D eigenvalue weighted by atomic mass is 10.1. The molecule has 0 aliphatic heterocycles. The van der Waals surface area contributed by atoms with E-state index in [1.807, 2.05) is 63.2 Å². The Bertz CT molecular complexity index is 876. The summed E-state index contributed by atoms with van der Waals surface area (Å²) >= 11 is 0. The standard InChI is InChI=1S/C20H24N4O2/c1-4-25-16-11-10-14(12-17(16)26-5-2)18(21)20-22-19(23-24-20)15-9-7-6-8-13(15)3/h6-12,18H,4-5,21H2,1-3H3,(H,22,23,24)/t18-/m1/s1. The molecule has 1 atom stereocenters. The molecule has 3 N–H and O–H groups in total. The summed E-state index contributed by atoms with van der Waals surface area (Å²) in [5, 5.41) is 7.29. The van der Waals surface area contributed by atoms with Crippen LogP contribution in [0.5, 0.6) is 11.5 Å². The highest BCUT2D eigenvalue weighted by Gasteiger charge is 2.17. The Balaban J connectivity index is 1.89. The molecule has 6 nitrogen and oxygen atoms in total. The van der Waals surface area contributed by atoms with Crippen LogP contribution in [-0.2, 0) is 0 Å². The lowest BCUT2D eigenvalue weighted by molar-refractivity contribution is 0.287. The number of H-pyrrole nitrogens is 1. The van der Waals surface area contributed by atoms with Gasteiger partial charge in [0, 0.05) is 5.56 Å². The first kappa shape index (κ1) is 17.9. The van der Waals surface area contributed by atoms with Gasteiger partial charge in [-0.3, -0.25) is 5.10 Å². The van der Waals surface area contributed by atoms with Crippen LogP contribution in [0.3, 0.4) is 0 Å². The molecule has 0 saturated heterocycles. The van der Waals surface area contributed by atoms with Crippen LogP contribution in [0.2, 0.25) is 0 Å². The normalized spacial score (nSPS) is 12.0. The van der Waals surface area contributed by atoms with Gasteiger partial charge in [0.15, 0.2) is 17.3 Å². The van der Waals surface area contributed by atoms with Crippen LogP contribution >= 0.6 is 0 Å². The average molecular weight is 352 g/mol. The number of aromatic amines is 1. The van der Waals surface area contributed by atoms with E-state index in [4.69, 9.17) is 15.2 Å². The zero-order valence-electron chi connectivity index (χ0n) is 15.3. The third-order valence-electron chi connectivity index (χ3n) is 4.11. The molecule has 2 aromatic carbocycles. The first-order valence-corrected chi connectivity index (χ1v) is 8.77. The zero-order chi connectivity index (χ0) is 18.5. The van der Waals surface area contributed by atoms with E-state index in [1.165, 1.54) is 0 Å². The van der Waals surface area contributed by atoms with Crippen molar-refractivity contribution in [2.24, 2.45) is 5.73 Å². The number of rotatable bonds is 7. The fourth-order valence-corrected chi connectivity index (χ4v) is 2.78. The van der Waals surface area contributed by atoms with Gasteiger partial charge in [-0.2, -0.15) is 5.10 Å². The quantitative estimate of drug-likeness (QED) is 0.678. The average Bonchev–Trinajstić information content (AvgIpc) is 3.13. The zero-order valence-corrected chi connectivity index (χ0v) is 15.3. The molecule has 0 unspecified atom stereocenters. The Morgan fingerprint density at radius 2 is 1.77 bits per heavy atom. The highest BCUT2D eigenvalue weighted by atomic mass is 16.5. The van der Waals surface area contributed by atoms with E-state index < -0.39 is 6.04 Å². The van der Waals surface area contributed by atoms with Crippen LogP contribution in [0.25, 0.3) is 11.4 Å². The Morgan fingerprint density at radius 3 is 2.50 bits per heavy atom. The summed E-state index contributed by atoms with van der Waals surface area (Å²) < 4.78 is 11.3. The molecule has 136 valence electrons. The minimum Gasteiger partial charge on any atom is -0.490 e. The molecule has 1 heterocycles. The number of hydrogen-bond donors (Lipinski definition) is 2. The van der Waals surface area contributed by atoms with E-state index >= 15 is 0 Å². The van der Waals surface area contributed by atoms with Crippen molar-refractivity contribution in [2.75, 3.05) is 13.2 Å². The SMILES string of the molecule is CCOc1ccc([C@@H](N)c2nc(-c3ccccc3C)n[nH]2)cc1OCC. The monoisotopic (exact) mass is 352 g/mol. The molecule has 0 amide bonds. The number of nitrogens with two attached hydrogens (primary N) is 1. The smallest absolute Gasteiger partial charge is 0.181 e. The summed E-state index contributed by atoms with van der Waals surface area (Å²) in [6, 6.07) is 13.3. The number of benzene rings is 2. The Labute approximate surface area is 153 Å². The van der Waals surface area contributed by atoms with Crippen LogP contribution in [0.15, 0.2) is 42.5 Å². The maximum absolute atomic E-state index is 6.40. The van der Waals surface area contributed by atoms with Crippen molar-refractivity contribution in [1.82, 2.24) is 15.2 Å². The van der Waals surface area contributed by atoms with Crippen LogP contribution in [0, 0.1) is 6.92 Å². The Kier molecular flexibility index (Phi) is 5.53. The maximum atomic E-state index is 6.40. The van der Waals surface area contributed by atoms with Gasteiger partial charge in [0.2, 0.25) is 0 Å². The molecule has 0 spiro atoms. The van der Waals surface area contributed by atoms with Crippen LogP contribution in [-0.4, -0.2) is 28.4 Å². The molecule has 0 fully saturated rings. The summed E-state index contributed by atoms with van der Waals surface area (Å²) in [5.74, 6) is 2.64. The van der Waals surface area contributed by atoms with Crippen molar-refractivity contribution >= 4 is 0 Å². The highest BCUT2D eigenvalue weighted by molar-refractivity contribution is 5.59. The maximum Gasteiger partial charge on any atom is 0.181 e. The second-order valence-electron chi connectivity index (χ2n) is 5.91. The minimum atomic E-state index is -0.435. The van der Waals surface area contributed by atoms with Crippen LogP contribution in [0.1, 0.15) is 36.8 Å². The minimum absolute atomic E-state index is 0.435. The van der Waals surface area contributed by atoms with Crippen molar-refractivity contribution in [3.05, 3.63) is 59.4 Å². The molecule has 0 bridgehead atoms. The van der Waals surface area contributed by atoms with Gasteiger partial charge in [-0.05, 0) is 44.0 Å². The number of nitrogens with zero attached hydrogens (tertiary/aromatic N) is 2. The molecular formula is C20H24N4O2. The van der Waals surface area contributed by atoms with E-state index in [2.05, 4.69) is 15.2 Å². The third-order valence-corrected chi connectivity index (χ3v) is 4.11. The van der Waals surface area contributed by atoms with Gasteiger partial charge in [-0.1, -0.05) is 30.3 Å². The van der Waals surface area contributed by atoms with Gasteiger partial charge in [-0.25, -0.2) is 4.98 Å². The molecule has 1 aromatic heterocycles.